The highest BCUT2D eigenvalue weighted by Gasteiger charge is 2.36. The van der Waals surface area contributed by atoms with Crippen molar-refractivity contribution in [2.75, 3.05) is 27.4 Å². The number of nitrogens with one attached hydrogen (secondary N) is 1. The van der Waals surface area contributed by atoms with Crippen LogP contribution in [0.5, 0.6) is 0 Å². The van der Waals surface area contributed by atoms with E-state index in [0.717, 1.165) is 0 Å². The van der Waals surface area contributed by atoms with Crippen molar-refractivity contribution in [2.45, 2.75) is 39.1 Å². The molecule has 0 aromatic heterocycles. The van der Waals surface area contributed by atoms with Gasteiger partial charge in [-0.05, 0) is 0 Å². The van der Waals surface area contributed by atoms with Crippen molar-refractivity contribution in [1.29, 1.82) is 0 Å². The minimum atomic E-state index is -0.639. The van der Waals surface area contributed by atoms with Crippen molar-refractivity contribution >= 4 is 11.9 Å². The Balaban J connectivity index is -0.000000353. The highest BCUT2D eigenvalue weighted by molar-refractivity contribution is 5.76. The van der Waals surface area contributed by atoms with Gasteiger partial charge in [0.1, 0.15) is 18.9 Å². The number of rotatable bonds is 3. The third kappa shape index (κ3) is 10.3. The number of halogens is 2. The van der Waals surface area contributed by atoms with Crippen LogP contribution < -0.4 is 47.4 Å². The Labute approximate surface area is 160 Å². The summed E-state index contributed by atoms with van der Waals surface area (Å²) >= 11 is 0. The third-order valence-electron chi connectivity index (χ3n) is 2.81. The molecule has 8 nitrogen and oxygen atoms in total. The fourth-order valence-electron chi connectivity index (χ4n) is 1.49. The van der Waals surface area contributed by atoms with Gasteiger partial charge in [-0.3, -0.25) is 10.1 Å². The van der Waals surface area contributed by atoms with Gasteiger partial charge >= 0.3 is 11.9 Å². The molecule has 1 fully saturated rings. The van der Waals surface area contributed by atoms with Crippen LogP contribution in [0.3, 0.4) is 0 Å². The van der Waals surface area contributed by atoms with E-state index in [0.29, 0.717) is 6.61 Å². The van der Waals surface area contributed by atoms with Gasteiger partial charge in [-0.2, -0.15) is 0 Å². The normalized spacial score (nSPS) is 20.8. The minimum Gasteiger partial charge on any atom is -1.00 e. The lowest BCUT2D eigenvalue weighted by molar-refractivity contribution is -0.413. The molecular weight excluding hydrogens is 443 g/mol. The number of carbonyl (C=O) groups excluding carboxylic acids is 2. The van der Waals surface area contributed by atoms with Crippen LogP contribution in [-0.4, -0.2) is 62.8 Å². The highest BCUT2D eigenvalue weighted by Crippen LogP contribution is 2.24. The van der Waals surface area contributed by atoms with Gasteiger partial charge in [-0.1, -0.05) is 20.8 Å². The van der Waals surface area contributed by atoms with E-state index in [1.807, 2.05) is 0 Å². The Hall–Kier alpha value is -0.200. The van der Waals surface area contributed by atoms with Crippen molar-refractivity contribution in [1.82, 2.24) is 5.32 Å². The molecule has 0 bridgehead atoms. The lowest BCUT2D eigenvalue weighted by Gasteiger charge is -2.26. The maximum Gasteiger partial charge on any atom is 0.366 e. The van der Waals surface area contributed by atoms with E-state index in [9.17, 15) is 9.59 Å². The van der Waals surface area contributed by atoms with Crippen LogP contribution in [0.1, 0.15) is 20.8 Å². The van der Waals surface area contributed by atoms with Gasteiger partial charge in [0.15, 0.2) is 0 Å². The summed E-state index contributed by atoms with van der Waals surface area (Å²) in [5, 5.41) is 11.4. The molecule has 10 heteroatoms. The van der Waals surface area contributed by atoms with E-state index < -0.39 is 12.0 Å². The molecule has 1 rings (SSSR count). The number of aliphatic hydroxyl groups excluding tert-OH is 1. The van der Waals surface area contributed by atoms with Crippen molar-refractivity contribution in [3.8, 4) is 0 Å². The summed E-state index contributed by atoms with van der Waals surface area (Å²) in [6.07, 6.45) is -0.0726. The smallest absolute Gasteiger partial charge is 0.366 e. The van der Waals surface area contributed by atoms with Gasteiger partial charge in [-0.15, -0.1) is 0 Å². The summed E-state index contributed by atoms with van der Waals surface area (Å²) in [5.41, 5.74) is 3.31. The number of carbonyl (C=O) groups is 2. The maximum absolute atomic E-state index is 11.1. The van der Waals surface area contributed by atoms with Crippen molar-refractivity contribution < 1.29 is 71.0 Å². The summed E-state index contributed by atoms with van der Waals surface area (Å²) in [5.74, 6) is -0.737. The summed E-state index contributed by atoms with van der Waals surface area (Å²) in [7, 11) is 2.64. The number of quaternary nitrogens is 1. The van der Waals surface area contributed by atoms with Gasteiger partial charge < -0.3 is 61.4 Å². The van der Waals surface area contributed by atoms with Gasteiger partial charge in [-0.25, -0.2) is 4.79 Å². The number of methoxy groups -OCH3 is 2. The second-order valence-corrected chi connectivity index (χ2v) is 5.72. The zero-order valence-corrected chi connectivity index (χ0v) is 17.0. The molecule has 0 aliphatic carbocycles. The molecular formula is C13H27ClIN2O6-. The molecule has 1 unspecified atom stereocenters. The molecule has 5 N–H and O–H groups in total. The first kappa shape index (κ1) is 27.6. The maximum atomic E-state index is 11.1. The van der Waals surface area contributed by atoms with Gasteiger partial charge in [0.2, 0.25) is 6.04 Å². The average Bonchev–Trinajstić information content (AvgIpc) is 2.95. The van der Waals surface area contributed by atoms with Crippen molar-refractivity contribution in [3.05, 3.63) is 0 Å². The summed E-state index contributed by atoms with van der Waals surface area (Å²) in [4.78, 5) is 21.4. The van der Waals surface area contributed by atoms with Crippen LogP contribution in [-0.2, 0) is 23.8 Å². The lowest BCUT2D eigenvalue weighted by Crippen LogP contribution is -3.00. The van der Waals surface area contributed by atoms with Gasteiger partial charge in [0.05, 0.1) is 20.8 Å². The fraction of sp³-hybridized carbons (Fsp3) is 0.846. The third-order valence-corrected chi connectivity index (χ3v) is 2.81. The summed E-state index contributed by atoms with van der Waals surface area (Å²) in [6, 6.07) is -0.950. The molecule has 140 valence electrons. The van der Waals surface area contributed by atoms with E-state index in [1.54, 1.807) is 0 Å². The molecule has 0 aromatic rings. The summed E-state index contributed by atoms with van der Waals surface area (Å²) < 4.78 is 14.3. The first-order chi connectivity index (χ1) is 9.67. The summed E-state index contributed by atoms with van der Waals surface area (Å²) in [6.45, 7) is 6.32. The minimum absolute atomic E-state index is 0. The SMILES string of the molecule is COC(=O)[C@H]([NH3+])CO.COC(=O)[C@H]1COC(C(C)(C)C)N1.[Cl-].[I-]. The van der Waals surface area contributed by atoms with Gasteiger partial charge in [0, 0.05) is 5.41 Å². The molecule has 23 heavy (non-hydrogen) atoms. The van der Waals surface area contributed by atoms with E-state index in [4.69, 9.17) is 9.84 Å². The zero-order valence-electron chi connectivity index (χ0n) is 14.1. The predicted molar refractivity (Wildman–Crippen MR) is 73.9 cm³/mol. The molecule has 0 radical (unpaired) electrons. The first-order valence-corrected chi connectivity index (χ1v) is 6.64. The van der Waals surface area contributed by atoms with Crippen LogP contribution in [0.4, 0.5) is 0 Å². The molecule has 0 aromatic carbocycles. The number of aliphatic hydroxyl groups is 1. The quantitative estimate of drug-likeness (QED) is 0.277. The van der Waals surface area contributed by atoms with Crippen molar-refractivity contribution in [2.24, 2.45) is 5.41 Å². The van der Waals surface area contributed by atoms with Gasteiger partial charge in [0.25, 0.3) is 0 Å². The molecule has 0 saturated carbocycles. The number of ether oxygens (including phenoxy) is 3. The molecule has 1 saturated heterocycles. The van der Waals surface area contributed by atoms with Crippen LogP contribution in [0.15, 0.2) is 0 Å². The Morgan fingerprint density at radius 2 is 1.87 bits per heavy atom. The number of esters is 2. The first-order valence-electron chi connectivity index (χ1n) is 6.64. The zero-order chi connectivity index (χ0) is 16.6. The van der Waals surface area contributed by atoms with Crippen molar-refractivity contribution in [3.63, 3.8) is 0 Å². The predicted octanol–water partition coefficient (Wildman–Crippen LogP) is -7.71. The van der Waals surface area contributed by atoms with E-state index in [1.165, 1.54) is 14.2 Å². The second kappa shape index (κ2) is 13.1. The second-order valence-electron chi connectivity index (χ2n) is 5.72. The topological polar surface area (TPSA) is 122 Å². The Morgan fingerprint density at radius 3 is 2.13 bits per heavy atom. The molecule has 1 aliphatic rings. The fourth-order valence-corrected chi connectivity index (χ4v) is 1.49. The largest absolute Gasteiger partial charge is 1.00 e. The molecule has 1 aliphatic heterocycles. The number of hydrogen-bond acceptors (Lipinski definition) is 7. The van der Waals surface area contributed by atoms with Crippen LogP contribution in [0.25, 0.3) is 0 Å². The van der Waals surface area contributed by atoms with E-state index in [2.05, 4.69) is 41.3 Å². The molecule has 0 spiro atoms. The van der Waals surface area contributed by atoms with E-state index in [-0.39, 0.29) is 66.6 Å². The van der Waals surface area contributed by atoms with Crippen LogP contribution in [0, 0.1) is 5.41 Å². The molecule has 3 atom stereocenters. The lowest BCUT2D eigenvalue weighted by atomic mass is 9.94. The Bertz CT molecular complexity index is 354. The molecule has 0 amide bonds. The number of hydrogen-bond donors (Lipinski definition) is 3. The Morgan fingerprint density at radius 1 is 1.35 bits per heavy atom. The average molecular weight is 470 g/mol. The molecule has 1 heterocycles. The van der Waals surface area contributed by atoms with E-state index >= 15 is 0 Å². The monoisotopic (exact) mass is 469 g/mol. The highest BCUT2D eigenvalue weighted by atomic mass is 127. The van der Waals surface area contributed by atoms with Crippen LogP contribution >= 0.6 is 0 Å². The standard InChI is InChI=1S/C9H17NO3.C4H9NO3.ClH.HI/c1-9(2,3)8-10-6(5-13-8)7(11)12-4;1-8-4(7)3(5)2-6;;/h6,8,10H,5H2,1-4H3;3,6H,2,5H2,1H3;2*1H/p-1/t6-,8?;3-;;/m11../s1. The Kier molecular flexibility index (Phi) is 15.8. The van der Waals surface area contributed by atoms with Crippen LogP contribution in [0.2, 0.25) is 0 Å².